The van der Waals surface area contributed by atoms with Crippen LogP contribution in [0.1, 0.15) is 6.92 Å². The summed E-state index contributed by atoms with van der Waals surface area (Å²) >= 11 is 0. The summed E-state index contributed by atoms with van der Waals surface area (Å²) in [5.41, 5.74) is 14.8. The lowest BCUT2D eigenvalue weighted by atomic mass is 10.3. The summed E-state index contributed by atoms with van der Waals surface area (Å²) < 4.78 is 0. The molecule has 0 aromatic heterocycles. The maximum absolute atomic E-state index is 8.43. The number of rotatable bonds is 1. The number of nitrogens with two attached hydrogens (primary N) is 3. The van der Waals surface area contributed by atoms with Crippen molar-refractivity contribution in [2.75, 3.05) is 0 Å². The van der Waals surface area contributed by atoms with E-state index in [-0.39, 0.29) is 5.78 Å². The van der Waals surface area contributed by atoms with E-state index in [1.165, 1.54) is 6.92 Å². The van der Waals surface area contributed by atoms with Gasteiger partial charge in [0.15, 0.2) is 0 Å². The molecule has 0 atom stereocenters. The molecule has 42 valence electrons. The van der Waals surface area contributed by atoms with Gasteiger partial charge in [0.05, 0.1) is 6.92 Å². The van der Waals surface area contributed by atoms with Crippen LogP contribution < -0.4 is 17.2 Å². The lowest BCUT2D eigenvalue weighted by Gasteiger charge is -2.06. The number of ketones is 1. The van der Waals surface area contributed by atoms with Crippen molar-refractivity contribution in [2.45, 2.75) is 12.7 Å². The molecule has 0 aliphatic heterocycles. The third-order valence-corrected chi connectivity index (χ3v) is 0.627. The van der Waals surface area contributed by atoms with E-state index in [4.69, 9.17) is 22.0 Å². The highest BCUT2D eigenvalue weighted by Gasteiger charge is 2.23. The smallest absolute Gasteiger partial charge is 0.290 e. The van der Waals surface area contributed by atoms with Crippen LogP contribution in [0.3, 0.4) is 0 Å². The third-order valence-electron chi connectivity index (χ3n) is 0.627. The largest absolute Gasteiger partial charge is 0.338 e. The number of carbonyl (C=O) groups excluding carboxylic acids is 1. The molecule has 0 spiro atoms. The zero-order chi connectivity index (χ0) is 6.08. The minimum Gasteiger partial charge on any atom is -0.290 e. The topological polar surface area (TPSA) is 99.5 Å². The monoisotopic (exact) mass is 104 g/mol. The highest BCUT2D eigenvalue weighted by molar-refractivity contribution is 5.85. The summed E-state index contributed by atoms with van der Waals surface area (Å²) in [6.07, 6.45) is 0. The van der Waals surface area contributed by atoms with Crippen LogP contribution in [0.15, 0.2) is 0 Å². The lowest BCUT2D eigenvalue weighted by Crippen LogP contribution is -2.63. The van der Waals surface area contributed by atoms with Crippen molar-refractivity contribution in [3.8, 4) is 0 Å². The SMILES string of the molecule is CC(=[OH+])C(N)(N)N. The van der Waals surface area contributed by atoms with E-state index in [2.05, 4.69) is 0 Å². The van der Waals surface area contributed by atoms with Crippen molar-refractivity contribution in [3.63, 3.8) is 0 Å². The van der Waals surface area contributed by atoms with E-state index in [1.54, 1.807) is 0 Å². The summed E-state index contributed by atoms with van der Waals surface area (Å²) in [6.45, 7) is 1.35. The number of hydrogen-bond donors (Lipinski definition) is 3. The summed E-state index contributed by atoms with van der Waals surface area (Å²) in [4.78, 5) is 8.43. The van der Waals surface area contributed by atoms with Crippen molar-refractivity contribution in [1.29, 1.82) is 0 Å². The van der Waals surface area contributed by atoms with Gasteiger partial charge in [0.2, 0.25) is 5.79 Å². The maximum atomic E-state index is 8.43. The second kappa shape index (κ2) is 1.57. The molecule has 0 saturated heterocycles. The molecule has 0 saturated carbocycles. The Hall–Kier alpha value is -0.450. The van der Waals surface area contributed by atoms with E-state index in [0.29, 0.717) is 0 Å². The van der Waals surface area contributed by atoms with E-state index in [9.17, 15) is 0 Å². The standard InChI is InChI=1S/C3H9N3O/c1-2(7)3(4,5)6/h4-6H2,1H3/p+1. The molecule has 0 rings (SSSR count). The molecule has 0 radical (unpaired) electrons. The van der Waals surface area contributed by atoms with Gasteiger partial charge in [-0.05, 0) is 0 Å². The quantitative estimate of drug-likeness (QED) is 0.267. The molecule has 0 aliphatic rings. The fourth-order valence-electron chi connectivity index (χ4n) is 0. The molecular formula is C3H10N3O+. The Morgan fingerprint density at radius 2 is 1.57 bits per heavy atom. The van der Waals surface area contributed by atoms with Gasteiger partial charge in [-0.2, -0.15) is 0 Å². The van der Waals surface area contributed by atoms with Gasteiger partial charge in [0.25, 0.3) is 0 Å². The predicted molar refractivity (Wildman–Crippen MR) is 27.9 cm³/mol. The molecule has 0 heterocycles. The van der Waals surface area contributed by atoms with Crippen molar-refractivity contribution >= 4 is 5.78 Å². The van der Waals surface area contributed by atoms with Crippen molar-refractivity contribution in [2.24, 2.45) is 17.2 Å². The lowest BCUT2D eigenvalue weighted by molar-refractivity contribution is 0.539. The first-order valence-corrected chi connectivity index (χ1v) is 1.84. The highest BCUT2D eigenvalue weighted by Crippen LogP contribution is 1.75. The molecule has 0 bridgehead atoms. The first-order chi connectivity index (χ1) is 2.94. The third kappa shape index (κ3) is 2.27. The van der Waals surface area contributed by atoms with Crippen LogP contribution >= 0.6 is 0 Å². The molecule has 7 heavy (non-hydrogen) atoms. The molecule has 0 amide bonds. The molecular weight excluding hydrogens is 94.1 g/mol. The average molecular weight is 104 g/mol. The molecule has 4 heteroatoms. The molecule has 0 aromatic rings. The van der Waals surface area contributed by atoms with Crippen molar-refractivity contribution < 1.29 is 4.79 Å². The van der Waals surface area contributed by atoms with Crippen molar-refractivity contribution in [1.82, 2.24) is 0 Å². The zero-order valence-corrected chi connectivity index (χ0v) is 4.18. The Labute approximate surface area is 41.7 Å². The first-order valence-electron chi connectivity index (χ1n) is 1.84. The molecule has 0 aromatic carbocycles. The normalized spacial score (nSPS) is 11.4. The summed E-state index contributed by atoms with van der Waals surface area (Å²) in [6, 6.07) is 0. The Kier molecular flexibility index (Phi) is 1.47. The van der Waals surface area contributed by atoms with Gasteiger partial charge < -0.3 is 0 Å². The predicted octanol–water partition coefficient (Wildman–Crippen LogP) is -1.92. The fraction of sp³-hybridized carbons (Fsp3) is 0.667. The molecule has 0 fully saturated rings. The van der Waals surface area contributed by atoms with E-state index in [1.807, 2.05) is 0 Å². The van der Waals surface area contributed by atoms with Gasteiger partial charge in [-0.15, -0.1) is 0 Å². The summed E-state index contributed by atoms with van der Waals surface area (Å²) in [5, 5.41) is 0. The molecule has 0 unspecified atom stereocenters. The van der Waals surface area contributed by atoms with Crippen molar-refractivity contribution in [3.05, 3.63) is 0 Å². The highest BCUT2D eigenvalue weighted by atomic mass is 16.1. The Balaban J connectivity index is 3.79. The van der Waals surface area contributed by atoms with Crippen LogP contribution in [0.5, 0.6) is 0 Å². The molecule has 0 aliphatic carbocycles. The second-order valence-corrected chi connectivity index (χ2v) is 1.52. The van der Waals surface area contributed by atoms with Gasteiger partial charge in [-0.1, -0.05) is 0 Å². The molecule has 7 N–H and O–H groups in total. The van der Waals surface area contributed by atoms with E-state index >= 15 is 0 Å². The van der Waals surface area contributed by atoms with Crippen LogP contribution in [0.2, 0.25) is 0 Å². The van der Waals surface area contributed by atoms with Gasteiger partial charge in [-0.25, -0.2) is 0 Å². The van der Waals surface area contributed by atoms with Crippen LogP contribution in [0.25, 0.3) is 0 Å². The van der Waals surface area contributed by atoms with Crippen LogP contribution in [-0.4, -0.2) is 16.4 Å². The van der Waals surface area contributed by atoms with Crippen LogP contribution in [0.4, 0.5) is 0 Å². The average Bonchev–Trinajstić information content (AvgIpc) is 1.31. The first kappa shape index (κ1) is 6.55. The van der Waals surface area contributed by atoms with Gasteiger partial charge >= 0.3 is 5.78 Å². The van der Waals surface area contributed by atoms with Gasteiger partial charge in [-0.3, -0.25) is 22.0 Å². The number of hydrogen-bond acceptors (Lipinski definition) is 3. The fourth-order valence-corrected chi connectivity index (χ4v) is 0. The Morgan fingerprint density at radius 3 is 1.57 bits per heavy atom. The van der Waals surface area contributed by atoms with Crippen LogP contribution in [0, 0.1) is 0 Å². The van der Waals surface area contributed by atoms with Gasteiger partial charge in [0, 0.05) is 0 Å². The molecule has 4 nitrogen and oxygen atoms in total. The zero-order valence-electron chi connectivity index (χ0n) is 4.18. The minimum atomic E-state index is -1.53. The summed E-state index contributed by atoms with van der Waals surface area (Å²) in [7, 11) is 0. The Morgan fingerprint density at radius 1 is 1.43 bits per heavy atom. The maximum Gasteiger partial charge on any atom is 0.338 e. The van der Waals surface area contributed by atoms with Crippen LogP contribution in [-0.2, 0) is 0 Å². The van der Waals surface area contributed by atoms with E-state index < -0.39 is 5.79 Å². The summed E-state index contributed by atoms with van der Waals surface area (Å²) in [5.74, 6) is -1.70. The van der Waals surface area contributed by atoms with E-state index in [0.717, 1.165) is 0 Å². The van der Waals surface area contributed by atoms with Gasteiger partial charge in [0.1, 0.15) is 0 Å². The minimum absolute atomic E-state index is 0.174. The second-order valence-electron chi connectivity index (χ2n) is 1.52. The Bertz CT molecular complexity index is 82.7.